The van der Waals surface area contributed by atoms with E-state index in [2.05, 4.69) is 17.2 Å². The molecule has 114 valence electrons. The summed E-state index contributed by atoms with van der Waals surface area (Å²) in [5, 5.41) is 3.45. The number of ether oxygens (including phenoxy) is 2. The Labute approximate surface area is 128 Å². The average molecular weight is 308 g/mol. The number of rotatable bonds is 7. The number of carbonyl (C=O) groups excluding carboxylic acids is 1. The molecule has 1 aromatic carbocycles. The Morgan fingerprint density at radius 1 is 1.29 bits per heavy atom. The van der Waals surface area contributed by atoms with Crippen LogP contribution in [0.1, 0.15) is 32.6 Å². The molecule has 2 aromatic rings. The third kappa shape index (κ3) is 3.85. The molecule has 2 rings (SSSR count). The van der Waals surface area contributed by atoms with Crippen LogP contribution < -0.4 is 14.8 Å². The number of hydrogen-bond acceptors (Lipinski definition) is 5. The summed E-state index contributed by atoms with van der Waals surface area (Å²) in [6, 6.07) is 3.68. The first-order valence-electron chi connectivity index (χ1n) is 7.00. The summed E-state index contributed by atoms with van der Waals surface area (Å²) in [7, 11) is 3.20. The Bertz CT molecular complexity index is 625. The molecule has 0 fully saturated rings. The maximum atomic E-state index is 11.8. The fourth-order valence-corrected chi connectivity index (χ4v) is 2.95. The zero-order valence-corrected chi connectivity index (χ0v) is 13.4. The Kier molecular flexibility index (Phi) is 5.38. The summed E-state index contributed by atoms with van der Waals surface area (Å²) in [6.45, 7) is 2.12. The zero-order chi connectivity index (χ0) is 15.2. The second kappa shape index (κ2) is 7.26. The normalized spacial score (nSPS) is 10.6. The molecular weight excluding hydrogens is 288 g/mol. The minimum atomic E-state index is 0.00781. The van der Waals surface area contributed by atoms with Gasteiger partial charge in [-0.1, -0.05) is 31.1 Å². The van der Waals surface area contributed by atoms with Crippen LogP contribution in [-0.2, 0) is 4.79 Å². The third-order valence-corrected chi connectivity index (χ3v) is 4.06. The molecule has 0 spiro atoms. The summed E-state index contributed by atoms with van der Waals surface area (Å²) in [5.74, 6) is 1.37. The van der Waals surface area contributed by atoms with E-state index in [4.69, 9.17) is 9.47 Å². The molecule has 6 heteroatoms. The van der Waals surface area contributed by atoms with E-state index < -0.39 is 0 Å². The van der Waals surface area contributed by atoms with Crippen molar-refractivity contribution in [3.8, 4) is 11.5 Å². The number of nitrogens with zero attached hydrogens (tertiary/aromatic N) is 1. The second-order valence-electron chi connectivity index (χ2n) is 4.70. The predicted molar refractivity (Wildman–Crippen MR) is 85.5 cm³/mol. The maximum absolute atomic E-state index is 11.8. The highest BCUT2D eigenvalue weighted by Gasteiger charge is 2.13. The largest absolute Gasteiger partial charge is 0.497 e. The first kappa shape index (κ1) is 15.6. The van der Waals surface area contributed by atoms with E-state index in [0.717, 1.165) is 29.5 Å². The minimum absolute atomic E-state index is 0.00781. The number of carbonyl (C=O) groups is 1. The first-order chi connectivity index (χ1) is 10.2. The molecule has 1 aromatic heterocycles. The Morgan fingerprint density at radius 3 is 2.76 bits per heavy atom. The molecule has 0 saturated heterocycles. The summed E-state index contributed by atoms with van der Waals surface area (Å²) in [6.07, 6.45) is 3.61. The van der Waals surface area contributed by atoms with Crippen molar-refractivity contribution in [1.82, 2.24) is 4.98 Å². The molecule has 0 atom stereocenters. The van der Waals surface area contributed by atoms with E-state index in [-0.39, 0.29) is 5.91 Å². The van der Waals surface area contributed by atoms with Gasteiger partial charge in [0.25, 0.3) is 0 Å². The van der Waals surface area contributed by atoms with Gasteiger partial charge in [0.1, 0.15) is 17.0 Å². The van der Waals surface area contributed by atoms with Crippen LogP contribution in [0, 0.1) is 0 Å². The van der Waals surface area contributed by atoms with Gasteiger partial charge in [0, 0.05) is 12.5 Å². The summed E-state index contributed by atoms with van der Waals surface area (Å²) < 4.78 is 11.5. The summed E-state index contributed by atoms with van der Waals surface area (Å²) in [5.41, 5.74) is 0.743. The van der Waals surface area contributed by atoms with Gasteiger partial charge in [0.05, 0.1) is 18.9 Å². The van der Waals surface area contributed by atoms with Crippen molar-refractivity contribution in [1.29, 1.82) is 0 Å². The van der Waals surface area contributed by atoms with Crippen molar-refractivity contribution < 1.29 is 14.3 Å². The molecule has 0 radical (unpaired) electrons. The molecule has 0 aliphatic rings. The highest BCUT2D eigenvalue weighted by Crippen LogP contribution is 2.36. The van der Waals surface area contributed by atoms with Gasteiger partial charge in [-0.05, 0) is 12.5 Å². The zero-order valence-electron chi connectivity index (χ0n) is 12.6. The number of hydrogen-bond donors (Lipinski definition) is 1. The first-order valence-corrected chi connectivity index (χ1v) is 7.82. The molecule has 1 heterocycles. The predicted octanol–water partition coefficient (Wildman–Crippen LogP) is 3.83. The van der Waals surface area contributed by atoms with Crippen LogP contribution in [0.4, 0.5) is 5.13 Å². The standard InChI is InChI=1S/C15H20N2O3S/c1-4-5-6-7-13(18)16-15-17-14-11(20-3)8-10(19-2)9-12(14)21-15/h8-9H,4-7H2,1-3H3,(H,16,17,18). The van der Waals surface area contributed by atoms with E-state index in [0.29, 0.717) is 23.1 Å². The van der Waals surface area contributed by atoms with Crippen LogP contribution in [0.3, 0.4) is 0 Å². The van der Waals surface area contributed by atoms with Gasteiger partial charge in [-0.15, -0.1) is 0 Å². The fourth-order valence-electron chi connectivity index (χ4n) is 2.02. The molecule has 5 nitrogen and oxygen atoms in total. The van der Waals surface area contributed by atoms with Gasteiger partial charge >= 0.3 is 0 Å². The van der Waals surface area contributed by atoms with Crippen LogP contribution in [0.2, 0.25) is 0 Å². The number of anilines is 1. The van der Waals surface area contributed by atoms with E-state index in [1.54, 1.807) is 20.3 Å². The smallest absolute Gasteiger partial charge is 0.226 e. The number of thiazole rings is 1. The highest BCUT2D eigenvalue weighted by atomic mass is 32.1. The van der Waals surface area contributed by atoms with Crippen molar-refractivity contribution in [2.45, 2.75) is 32.6 Å². The summed E-state index contributed by atoms with van der Waals surface area (Å²) in [4.78, 5) is 16.3. The monoisotopic (exact) mass is 308 g/mol. The van der Waals surface area contributed by atoms with Gasteiger partial charge in [-0.2, -0.15) is 0 Å². The SMILES string of the molecule is CCCCCC(=O)Nc1nc2c(OC)cc(OC)cc2s1. The molecule has 1 N–H and O–H groups in total. The van der Waals surface area contributed by atoms with Crippen molar-refractivity contribution >= 4 is 32.6 Å². The van der Waals surface area contributed by atoms with Crippen LogP contribution >= 0.6 is 11.3 Å². The lowest BCUT2D eigenvalue weighted by Gasteiger charge is -2.03. The fraction of sp³-hybridized carbons (Fsp3) is 0.467. The van der Waals surface area contributed by atoms with Crippen LogP contribution in [0.15, 0.2) is 12.1 Å². The molecular formula is C15H20N2O3S. The van der Waals surface area contributed by atoms with Crippen LogP contribution in [0.5, 0.6) is 11.5 Å². The van der Waals surface area contributed by atoms with Gasteiger partial charge in [0.15, 0.2) is 5.13 Å². The van der Waals surface area contributed by atoms with Gasteiger partial charge in [-0.25, -0.2) is 4.98 Å². The molecule has 0 aliphatic heterocycles. The number of nitrogens with one attached hydrogen (secondary N) is 1. The number of fused-ring (bicyclic) bond motifs is 1. The second-order valence-corrected chi connectivity index (χ2v) is 5.73. The van der Waals surface area contributed by atoms with E-state index in [9.17, 15) is 4.79 Å². The lowest BCUT2D eigenvalue weighted by molar-refractivity contribution is -0.116. The molecule has 0 saturated carbocycles. The molecule has 21 heavy (non-hydrogen) atoms. The van der Waals surface area contributed by atoms with Crippen molar-refractivity contribution in [2.24, 2.45) is 0 Å². The number of aromatic nitrogens is 1. The van der Waals surface area contributed by atoms with Gasteiger partial charge in [-0.3, -0.25) is 4.79 Å². The van der Waals surface area contributed by atoms with Crippen molar-refractivity contribution in [3.63, 3.8) is 0 Å². The Hall–Kier alpha value is -1.82. The lowest BCUT2D eigenvalue weighted by Crippen LogP contribution is -2.10. The van der Waals surface area contributed by atoms with E-state index in [1.165, 1.54) is 11.3 Å². The van der Waals surface area contributed by atoms with Crippen LogP contribution in [-0.4, -0.2) is 25.1 Å². The van der Waals surface area contributed by atoms with Gasteiger partial charge < -0.3 is 14.8 Å². The van der Waals surface area contributed by atoms with Crippen LogP contribution in [0.25, 0.3) is 10.2 Å². The Morgan fingerprint density at radius 2 is 2.10 bits per heavy atom. The number of amides is 1. The molecule has 0 bridgehead atoms. The highest BCUT2D eigenvalue weighted by molar-refractivity contribution is 7.22. The number of benzene rings is 1. The number of methoxy groups -OCH3 is 2. The molecule has 0 aliphatic carbocycles. The maximum Gasteiger partial charge on any atom is 0.226 e. The molecule has 0 unspecified atom stereocenters. The topological polar surface area (TPSA) is 60.5 Å². The summed E-state index contributed by atoms with van der Waals surface area (Å²) >= 11 is 1.42. The van der Waals surface area contributed by atoms with E-state index >= 15 is 0 Å². The Balaban J connectivity index is 2.16. The average Bonchev–Trinajstić information content (AvgIpc) is 2.88. The van der Waals surface area contributed by atoms with E-state index in [1.807, 2.05) is 6.07 Å². The van der Waals surface area contributed by atoms with Gasteiger partial charge in [0.2, 0.25) is 5.91 Å². The molecule has 1 amide bonds. The quantitative estimate of drug-likeness (QED) is 0.790. The number of unbranched alkanes of at least 4 members (excludes halogenated alkanes) is 2. The minimum Gasteiger partial charge on any atom is -0.497 e. The third-order valence-electron chi connectivity index (χ3n) is 3.14. The lowest BCUT2D eigenvalue weighted by atomic mass is 10.2. The van der Waals surface area contributed by atoms with Crippen molar-refractivity contribution in [3.05, 3.63) is 12.1 Å². The van der Waals surface area contributed by atoms with Crippen molar-refractivity contribution in [2.75, 3.05) is 19.5 Å².